The lowest BCUT2D eigenvalue weighted by atomic mass is 10.1. The molecule has 1 saturated heterocycles. The van der Waals surface area contributed by atoms with Gasteiger partial charge in [0.15, 0.2) is 0 Å². The fourth-order valence-corrected chi connectivity index (χ4v) is 2.81. The van der Waals surface area contributed by atoms with Crippen LogP contribution in [0, 0.1) is 6.92 Å². The van der Waals surface area contributed by atoms with Gasteiger partial charge in [0.1, 0.15) is 9.31 Å². The van der Waals surface area contributed by atoms with Crippen molar-refractivity contribution in [2.24, 2.45) is 0 Å². The SMILES string of the molecule is Cc1cccc(/C=C2\SC(=S)NC2=S)c1. The summed E-state index contributed by atoms with van der Waals surface area (Å²) in [5.41, 5.74) is 2.40. The van der Waals surface area contributed by atoms with Gasteiger partial charge in [0, 0.05) is 4.91 Å². The number of hydrogen-bond acceptors (Lipinski definition) is 3. The summed E-state index contributed by atoms with van der Waals surface area (Å²) in [5, 5.41) is 2.96. The molecule has 1 heterocycles. The number of thioether (sulfide) groups is 1. The van der Waals surface area contributed by atoms with Gasteiger partial charge in [0.2, 0.25) is 0 Å². The molecule has 1 fully saturated rings. The van der Waals surface area contributed by atoms with Gasteiger partial charge >= 0.3 is 0 Å². The summed E-state index contributed by atoms with van der Waals surface area (Å²) in [7, 11) is 0. The molecule has 0 unspecified atom stereocenters. The Morgan fingerprint density at radius 3 is 2.73 bits per heavy atom. The van der Waals surface area contributed by atoms with E-state index in [1.165, 1.54) is 17.3 Å². The number of rotatable bonds is 1. The van der Waals surface area contributed by atoms with E-state index in [2.05, 4.69) is 36.5 Å². The summed E-state index contributed by atoms with van der Waals surface area (Å²) < 4.78 is 0.735. The topological polar surface area (TPSA) is 12.0 Å². The zero-order valence-electron chi connectivity index (χ0n) is 8.11. The number of hydrogen-bond donors (Lipinski definition) is 1. The Morgan fingerprint density at radius 1 is 1.33 bits per heavy atom. The maximum absolute atomic E-state index is 5.16. The molecule has 0 amide bonds. The summed E-state index contributed by atoms with van der Waals surface area (Å²) in [6.07, 6.45) is 2.06. The lowest BCUT2D eigenvalue weighted by Gasteiger charge is -1.97. The van der Waals surface area contributed by atoms with E-state index in [1.54, 1.807) is 0 Å². The standard InChI is InChI=1S/C11H9NS3/c1-7-3-2-4-8(5-7)6-9-10(13)12-11(14)15-9/h2-6H,1H3,(H,12,13,14)/b9-6-. The zero-order chi connectivity index (χ0) is 10.8. The van der Waals surface area contributed by atoms with Gasteiger partial charge in [-0.2, -0.15) is 0 Å². The van der Waals surface area contributed by atoms with E-state index in [4.69, 9.17) is 24.4 Å². The minimum absolute atomic E-state index is 0.728. The molecule has 0 aliphatic carbocycles. The van der Waals surface area contributed by atoms with Crippen molar-refractivity contribution in [3.05, 3.63) is 40.3 Å². The van der Waals surface area contributed by atoms with Gasteiger partial charge in [-0.25, -0.2) is 0 Å². The largest absolute Gasteiger partial charge is 0.331 e. The highest BCUT2D eigenvalue weighted by Gasteiger charge is 2.17. The third-order valence-corrected chi connectivity index (χ3v) is 3.61. The Bertz CT molecular complexity index is 463. The molecular weight excluding hydrogens is 242 g/mol. The van der Waals surface area contributed by atoms with Crippen molar-refractivity contribution < 1.29 is 0 Å². The lowest BCUT2D eigenvalue weighted by molar-refractivity contribution is 1.46. The van der Waals surface area contributed by atoms with Crippen molar-refractivity contribution in [3.63, 3.8) is 0 Å². The van der Waals surface area contributed by atoms with Crippen LogP contribution in [0.2, 0.25) is 0 Å². The predicted molar refractivity (Wildman–Crippen MR) is 75.1 cm³/mol. The molecule has 76 valence electrons. The van der Waals surface area contributed by atoms with Gasteiger partial charge in [-0.3, -0.25) is 0 Å². The highest BCUT2D eigenvalue weighted by atomic mass is 32.2. The number of aryl methyl sites for hydroxylation is 1. The first-order valence-electron chi connectivity index (χ1n) is 4.47. The average molecular weight is 251 g/mol. The summed E-state index contributed by atoms with van der Waals surface area (Å²) in [6.45, 7) is 2.07. The maximum Gasteiger partial charge on any atom is 0.143 e. The molecule has 0 bridgehead atoms. The molecule has 0 aromatic heterocycles. The Morgan fingerprint density at radius 2 is 2.13 bits per heavy atom. The van der Waals surface area contributed by atoms with E-state index >= 15 is 0 Å². The van der Waals surface area contributed by atoms with Crippen LogP contribution in [0.5, 0.6) is 0 Å². The number of nitrogens with one attached hydrogen (secondary N) is 1. The number of benzene rings is 1. The van der Waals surface area contributed by atoms with Crippen LogP contribution in [0.4, 0.5) is 0 Å². The smallest absolute Gasteiger partial charge is 0.143 e. The van der Waals surface area contributed by atoms with Gasteiger partial charge < -0.3 is 5.32 Å². The Kier molecular flexibility index (Phi) is 3.19. The lowest BCUT2D eigenvalue weighted by Crippen LogP contribution is -2.15. The molecule has 1 aromatic rings. The van der Waals surface area contributed by atoms with E-state index in [0.717, 1.165) is 19.8 Å². The molecule has 0 radical (unpaired) electrons. The molecule has 1 N–H and O–H groups in total. The normalized spacial score (nSPS) is 18.3. The highest BCUT2D eigenvalue weighted by molar-refractivity contribution is 8.27. The van der Waals surface area contributed by atoms with Crippen LogP contribution in [-0.4, -0.2) is 9.31 Å². The van der Waals surface area contributed by atoms with Crippen LogP contribution in [0.15, 0.2) is 29.2 Å². The van der Waals surface area contributed by atoms with Crippen LogP contribution < -0.4 is 5.32 Å². The van der Waals surface area contributed by atoms with Crippen molar-refractivity contribution >= 4 is 51.6 Å². The molecule has 15 heavy (non-hydrogen) atoms. The van der Waals surface area contributed by atoms with Crippen molar-refractivity contribution in [1.29, 1.82) is 0 Å². The maximum atomic E-state index is 5.16. The molecule has 1 aliphatic heterocycles. The third-order valence-electron chi connectivity index (χ3n) is 1.98. The van der Waals surface area contributed by atoms with E-state index < -0.39 is 0 Å². The van der Waals surface area contributed by atoms with Crippen molar-refractivity contribution in [2.45, 2.75) is 6.92 Å². The summed E-state index contributed by atoms with van der Waals surface area (Å²) in [4.78, 5) is 1.76. The predicted octanol–water partition coefficient (Wildman–Crippen LogP) is 3.28. The minimum atomic E-state index is 0.728. The van der Waals surface area contributed by atoms with Crippen LogP contribution in [0.1, 0.15) is 11.1 Å². The van der Waals surface area contributed by atoms with Crippen LogP contribution >= 0.6 is 36.2 Å². The third kappa shape index (κ3) is 2.65. The summed E-state index contributed by atoms with van der Waals surface area (Å²) in [6, 6.07) is 8.29. The average Bonchev–Trinajstić information content (AvgIpc) is 2.45. The van der Waals surface area contributed by atoms with Crippen molar-refractivity contribution in [1.82, 2.24) is 5.32 Å². The first kappa shape index (κ1) is 10.8. The van der Waals surface area contributed by atoms with Gasteiger partial charge in [-0.1, -0.05) is 66.0 Å². The molecule has 1 nitrogen and oxygen atoms in total. The number of thiocarbonyl (C=S) groups is 2. The summed E-state index contributed by atoms with van der Waals surface area (Å²) in [5.74, 6) is 0. The second-order valence-electron chi connectivity index (χ2n) is 3.27. The monoisotopic (exact) mass is 251 g/mol. The summed E-state index contributed by atoms with van der Waals surface area (Å²) >= 11 is 11.7. The second kappa shape index (κ2) is 4.43. The van der Waals surface area contributed by atoms with Gasteiger partial charge in [-0.05, 0) is 18.6 Å². The quantitative estimate of drug-likeness (QED) is 0.607. The molecular formula is C11H9NS3. The minimum Gasteiger partial charge on any atom is -0.331 e. The van der Waals surface area contributed by atoms with E-state index in [1.807, 2.05) is 6.07 Å². The highest BCUT2D eigenvalue weighted by Crippen LogP contribution is 2.26. The zero-order valence-corrected chi connectivity index (χ0v) is 10.6. The van der Waals surface area contributed by atoms with Gasteiger partial charge in [0.25, 0.3) is 0 Å². The van der Waals surface area contributed by atoms with Crippen LogP contribution in [-0.2, 0) is 0 Å². The molecule has 2 rings (SSSR count). The molecule has 0 atom stereocenters. The van der Waals surface area contributed by atoms with E-state index in [-0.39, 0.29) is 0 Å². The molecule has 1 aliphatic rings. The second-order valence-corrected chi connectivity index (χ2v) is 5.39. The van der Waals surface area contributed by atoms with E-state index in [0.29, 0.717) is 0 Å². The van der Waals surface area contributed by atoms with Crippen molar-refractivity contribution in [3.8, 4) is 0 Å². The Labute approximate surface area is 104 Å². The first-order valence-corrected chi connectivity index (χ1v) is 6.10. The molecule has 0 spiro atoms. The fourth-order valence-electron chi connectivity index (χ4n) is 1.33. The first-order chi connectivity index (χ1) is 7.15. The van der Waals surface area contributed by atoms with Crippen LogP contribution in [0.3, 0.4) is 0 Å². The Hall–Kier alpha value is -0.710. The van der Waals surface area contributed by atoms with E-state index in [9.17, 15) is 0 Å². The Balaban J connectivity index is 2.31. The van der Waals surface area contributed by atoms with Gasteiger partial charge in [0.05, 0.1) is 0 Å². The van der Waals surface area contributed by atoms with Gasteiger partial charge in [-0.15, -0.1) is 0 Å². The molecule has 4 heteroatoms. The van der Waals surface area contributed by atoms with Crippen molar-refractivity contribution in [2.75, 3.05) is 0 Å². The fraction of sp³-hybridized carbons (Fsp3) is 0.0909. The molecule has 1 aromatic carbocycles. The molecule has 0 saturated carbocycles. The van der Waals surface area contributed by atoms with Crippen LogP contribution in [0.25, 0.3) is 6.08 Å².